The molecule has 1 aliphatic rings. The van der Waals surface area contributed by atoms with Gasteiger partial charge in [-0.15, -0.1) is 0 Å². The Morgan fingerprint density at radius 1 is 1.35 bits per heavy atom. The van der Waals surface area contributed by atoms with Crippen molar-refractivity contribution < 1.29 is 13.9 Å². The standard InChI is InChI=1S/C14H15ClN2O3/c1-14(2)12-13(18)20-16-17(12)8-7-11(19-14)9-3-5-10(15)6-4-9/h3-6,11H,7-8H2,1-2H3/p+1. The average Bonchev–Trinajstić information content (AvgIpc) is 2.71. The molecule has 2 heterocycles. The normalized spacial score (nSPS) is 21.2. The van der Waals surface area contributed by atoms with Gasteiger partial charge in [-0.2, -0.15) is 0 Å². The molecule has 1 aliphatic heterocycles. The van der Waals surface area contributed by atoms with Crippen LogP contribution < -0.4 is 10.3 Å². The third-order valence-electron chi connectivity index (χ3n) is 3.58. The van der Waals surface area contributed by atoms with Crippen molar-refractivity contribution in [3.05, 3.63) is 51.0 Å². The van der Waals surface area contributed by atoms with Gasteiger partial charge in [0.1, 0.15) is 0 Å². The number of aromatic nitrogens is 2. The van der Waals surface area contributed by atoms with E-state index in [0.717, 1.165) is 12.0 Å². The number of aryl methyl sites for hydroxylation is 1. The average molecular weight is 296 g/mol. The number of rotatable bonds is 1. The lowest BCUT2D eigenvalue weighted by Crippen LogP contribution is -2.45. The molecule has 1 atom stereocenters. The predicted octanol–water partition coefficient (Wildman–Crippen LogP) is 2.31. The van der Waals surface area contributed by atoms with E-state index in [2.05, 4.69) is 5.27 Å². The molecule has 20 heavy (non-hydrogen) atoms. The molecule has 5 nitrogen and oxygen atoms in total. The summed E-state index contributed by atoms with van der Waals surface area (Å²) in [5.41, 5.74) is 0.458. The fourth-order valence-electron chi connectivity index (χ4n) is 2.66. The molecule has 2 aromatic rings. The predicted molar refractivity (Wildman–Crippen MR) is 72.4 cm³/mol. The van der Waals surface area contributed by atoms with Crippen molar-refractivity contribution >= 4 is 11.6 Å². The summed E-state index contributed by atoms with van der Waals surface area (Å²) in [5.74, 6) is 0. The van der Waals surface area contributed by atoms with Crippen LogP contribution in [0, 0.1) is 0 Å². The number of hydrogen-bond acceptors (Lipinski definition) is 3. The second-order valence-corrected chi connectivity index (χ2v) is 5.87. The van der Waals surface area contributed by atoms with Crippen LogP contribution >= 0.6 is 11.6 Å². The van der Waals surface area contributed by atoms with Gasteiger partial charge in [0.05, 0.1) is 6.10 Å². The highest BCUT2D eigenvalue weighted by molar-refractivity contribution is 6.30. The molecule has 1 aromatic heterocycles. The third-order valence-corrected chi connectivity index (χ3v) is 3.83. The molecule has 0 aliphatic carbocycles. The molecule has 0 fully saturated rings. The Kier molecular flexibility index (Phi) is 3.18. The third kappa shape index (κ3) is 2.27. The first-order chi connectivity index (χ1) is 9.47. The number of halogens is 1. The summed E-state index contributed by atoms with van der Waals surface area (Å²) >= 11 is 5.91. The maximum absolute atomic E-state index is 11.8. The zero-order chi connectivity index (χ0) is 14.3. The lowest BCUT2D eigenvalue weighted by Gasteiger charge is -2.24. The molecule has 0 radical (unpaired) electrons. The molecule has 6 heteroatoms. The molecule has 1 N–H and O–H groups in total. The molecule has 0 amide bonds. The van der Waals surface area contributed by atoms with Crippen LogP contribution in [0.5, 0.6) is 0 Å². The number of benzene rings is 1. The van der Waals surface area contributed by atoms with Crippen LogP contribution in [-0.2, 0) is 16.9 Å². The highest BCUT2D eigenvalue weighted by atomic mass is 35.5. The quantitative estimate of drug-likeness (QED) is 0.821. The highest BCUT2D eigenvalue weighted by Crippen LogP contribution is 2.33. The van der Waals surface area contributed by atoms with Crippen LogP contribution in [0.2, 0.25) is 5.02 Å². The maximum atomic E-state index is 11.8. The first-order valence-electron chi connectivity index (χ1n) is 6.52. The molecule has 0 spiro atoms. The van der Waals surface area contributed by atoms with E-state index in [1.165, 1.54) is 0 Å². The van der Waals surface area contributed by atoms with Crippen LogP contribution in [0.3, 0.4) is 0 Å². The number of nitrogens with zero attached hydrogens (tertiary/aromatic N) is 1. The van der Waals surface area contributed by atoms with Crippen molar-refractivity contribution in [1.82, 2.24) is 5.27 Å². The van der Waals surface area contributed by atoms with Crippen molar-refractivity contribution in [1.29, 1.82) is 0 Å². The van der Waals surface area contributed by atoms with Crippen molar-refractivity contribution in [2.45, 2.75) is 38.5 Å². The summed E-state index contributed by atoms with van der Waals surface area (Å²) < 4.78 is 12.7. The van der Waals surface area contributed by atoms with Gasteiger partial charge in [-0.25, -0.2) is 4.79 Å². The Morgan fingerprint density at radius 3 is 2.75 bits per heavy atom. The summed E-state index contributed by atoms with van der Waals surface area (Å²) in [6, 6.07) is 7.60. The molecule has 0 saturated carbocycles. The van der Waals surface area contributed by atoms with E-state index in [1.54, 1.807) is 4.68 Å². The lowest BCUT2D eigenvalue weighted by atomic mass is 10.0. The second kappa shape index (κ2) is 4.75. The van der Waals surface area contributed by atoms with Gasteiger partial charge in [0.2, 0.25) is 0 Å². The van der Waals surface area contributed by atoms with E-state index >= 15 is 0 Å². The van der Waals surface area contributed by atoms with E-state index in [-0.39, 0.29) is 11.7 Å². The number of hydrogen-bond donors (Lipinski definition) is 1. The first kappa shape index (κ1) is 13.4. The highest BCUT2D eigenvalue weighted by Gasteiger charge is 2.43. The summed E-state index contributed by atoms with van der Waals surface area (Å²) in [6.45, 7) is 4.38. The Balaban J connectivity index is 1.96. The van der Waals surface area contributed by atoms with Gasteiger partial charge in [-0.05, 0) is 36.8 Å². The smallest absolute Gasteiger partial charge is 0.356 e. The lowest BCUT2D eigenvalue weighted by molar-refractivity contribution is -0.770. The van der Waals surface area contributed by atoms with E-state index in [1.807, 2.05) is 38.1 Å². The van der Waals surface area contributed by atoms with E-state index in [9.17, 15) is 4.79 Å². The Hall–Kier alpha value is -1.59. The molecule has 106 valence electrons. The van der Waals surface area contributed by atoms with Gasteiger partial charge in [-0.3, -0.25) is 4.52 Å². The minimum atomic E-state index is -0.721. The van der Waals surface area contributed by atoms with Crippen molar-refractivity contribution in [2.75, 3.05) is 0 Å². The van der Waals surface area contributed by atoms with Crippen LogP contribution in [0.1, 0.15) is 37.6 Å². The van der Waals surface area contributed by atoms with Crippen molar-refractivity contribution in [3.63, 3.8) is 0 Å². The molecule has 3 rings (SSSR count). The maximum Gasteiger partial charge on any atom is 0.433 e. The SMILES string of the molecule is CC1(C)OC(c2ccc(Cl)cc2)CC[n+]2[nH]oc(=O)c21. The van der Waals surface area contributed by atoms with Gasteiger partial charge in [-0.1, -0.05) is 28.4 Å². The Morgan fingerprint density at radius 2 is 2.05 bits per heavy atom. The number of H-pyrrole nitrogens is 1. The van der Waals surface area contributed by atoms with Gasteiger partial charge in [0.25, 0.3) is 0 Å². The molecule has 0 saturated heterocycles. The van der Waals surface area contributed by atoms with Crippen LogP contribution in [0.4, 0.5) is 0 Å². The summed E-state index contributed by atoms with van der Waals surface area (Å²) in [4.78, 5) is 11.8. The van der Waals surface area contributed by atoms with Crippen LogP contribution in [-0.4, -0.2) is 5.27 Å². The summed E-state index contributed by atoms with van der Waals surface area (Å²) in [6.07, 6.45) is 0.660. The van der Waals surface area contributed by atoms with Gasteiger partial charge < -0.3 is 4.74 Å². The topological polar surface area (TPSA) is 59.1 Å². The summed E-state index contributed by atoms with van der Waals surface area (Å²) in [5, 5.41) is 3.33. The molecule has 0 bridgehead atoms. The number of ether oxygens (including phenoxy) is 1. The molecular formula is C14H16ClN2O3+. The fourth-order valence-corrected chi connectivity index (χ4v) is 2.78. The summed E-state index contributed by atoms with van der Waals surface area (Å²) in [7, 11) is 0. The van der Waals surface area contributed by atoms with Gasteiger partial charge >= 0.3 is 11.3 Å². The molecule has 1 unspecified atom stereocenters. The Bertz CT molecular complexity index is 672. The van der Waals surface area contributed by atoms with Gasteiger partial charge in [0.15, 0.2) is 12.1 Å². The first-order valence-corrected chi connectivity index (χ1v) is 6.90. The minimum absolute atomic E-state index is 0.0880. The van der Waals surface area contributed by atoms with E-state index < -0.39 is 5.60 Å². The minimum Gasteiger partial charge on any atom is -0.356 e. The van der Waals surface area contributed by atoms with Gasteiger partial charge in [0, 0.05) is 11.4 Å². The number of fused-ring (bicyclic) bond motifs is 1. The molecular weight excluding hydrogens is 280 g/mol. The fraction of sp³-hybridized carbons (Fsp3) is 0.429. The largest absolute Gasteiger partial charge is 0.433 e. The monoisotopic (exact) mass is 295 g/mol. The number of nitrogens with one attached hydrogen (secondary N) is 1. The zero-order valence-electron chi connectivity index (χ0n) is 11.4. The van der Waals surface area contributed by atoms with Crippen LogP contribution in [0.25, 0.3) is 0 Å². The number of aromatic amines is 1. The van der Waals surface area contributed by atoms with E-state index in [0.29, 0.717) is 17.3 Å². The Labute approximate surface area is 121 Å². The van der Waals surface area contributed by atoms with Crippen molar-refractivity contribution in [3.8, 4) is 0 Å². The molecule has 1 aromatic carbocycles. The van der Waals surface area contributed by atoms with Crippen molar-refractivity contribution in [2.24, 2.45) is 0 Å². The second-order valence-electron chi connectivity index (χ2n) is 5.44. The van der Waals surface area contributed by atoms with Crippen LogP contribution in [0.15, 0.2) is 33.6 Å². The zero-order valence-corrected chi connectivity index (χ0v) is 12.1. The van der Waals surface area contributed by atoms with E-state index in [4.69, 9.17) is 20.9 Å².